The molecule has 0 heterocycles. The van der Waals surface area contributed by atoms with Gasteiger partial charge in [0.05, 0.1) is 13.0 Å². The zero-order chi connectivity index (χ0) is 13.7. The van der Waals surface area contributed by atoms with Crippen LogP contribution in [0.4, 0.5) is 0 Å². The summed E-state index contributed by atoms with van der Waals surface area (Å²) >= 11 is 9.44. The Morgan fingerprint density at radius 1 is 1.44 bits per heavy atom. The lowest BCUT2D eigenvalue weighted by Gasteiger charge is -2.14. The Morgan fingerprint density at radius 3 is 2.67 bits per heavy atom. The van der Waals surface area contributed by atoms with Crippen molar-refractivity contribution in [1.82, 2.24) is 0 Å². The lowest BCUT2D eigenvalue weighted by molar-refractivity contribution is -0.142. The first kappa shape index (κ1) is 15.2. The predicted octanol–water partition coefficient (Wildman–Crippen LogP) is 3.42. The molecule has 1 unspecified atom stereocenters. The second kappa shape index (κ2) is 6.90. The molecular formula is C13H14BrClO3. The van der Waals surface area contributed by atoms with Crippen molar-refractivity contribution in [2.75, 3.05) is 6.61 Å². The Morgan fingerprint density at radius 2 is 2.11 bits per heavy atom. The third kappa shape index (κ3) is 3.82. The van der Waals surface area contributed by atoms with Crippen LogP contribution in [-0.4, -0.2) is 18.4 Å². The van der Waals surface area contributed by atoms with Crippen molar-refractivity contribution in [2.24, 2.45) is 0 Å². The van der Waals surface area contributed by atoms with Crippen LogP contribution in [0.3, 0.4) is 0 Å². The monoisotopic (exact) mass is 332 g/mol. The lowest BCUT2D eigenvalue weighted by Crippen LogP contribution is -2.12. The predicted molar refractivity (Wildman–Crippen MR) is 73.8 cm³/mol. The minimum absolute atomic E-state index is 0.110. The molecule has 0 saturated heterocycles. The maximum Gasteiger partial charge on any atom is 0.310 e. The molecule has 1 atom stereocenters. The maximum absolute atomic E-state index is 11.5. The average Bonchev–Trinajstić information content (AvgIpc) is 2.28. The number of Topliss-reactive ketones (excluding diaryl/α,β-unsaturated/α-hetero) is 1. The first-order chi connectivity index (χ1) is 8.47. The van der Waals surface area contributed by atoms with Crippen LogP contribution in [0.25, 0.3) is 0 Å². The van der Waals surface area contributed by atoms with Crippen LogP contribution in [0.2, 0.25) is 0 Å². The van der Waals surface area contributed by atoms with Gasteiger partial charge in [-0.2, -0.15) is 0 Å². The largest absolute Gasteiger partial charge is 0.466 e. The normalized spacial score (nSPS) is 12.0. The molecule has 18 heavy (non-hydrogen) atoms. The number of halogens is 2. The molecule has 0 amide bonds. The third-order valence-corrected chi connectivity index (χ3v) is 3.61. The zero-order valence-electron chi connectivity index (χ0n) is 10.2. The van der Waals surface area contributed by atoms with E-state index >= 15 is 0 Å². The SMILES string of the molecule is CCOC(=O)Cc1cccc(Br)c1C(Cl)C(C)=O. The van der Waals surface area contributed by atoms with E-state index in [0.29, 0.717) is 17.7 Å². The highest BCUT2D eigenvalue weighted by atomic mass is 79.9. The van der Waals surface area contributed by atoms with Crippen molar-refractivity contribution in [3.63, 3.8) is 0 Å². The number of ketones is 1. The molecule has 0 aliphatic rings. The number of ether oxygens (including phenoxy) is 1. The molecule has 0 spiro atoms. The number of esters is 1. The molecule has 0 saturated carbocycles. The molecular weight excluding hydrogens is 319 g/mol. The van der Waals surface area contributed by atoms with Gasteiger partial charge in [0.1, 0.15) is 5.38 Å². The fourth-order valence-corrected chi connectivity index (χ4v) is 2.62. The summed E-state index contributed by atoms with van der Waals surface area (Å²) in [7, 11) is 0. The fourth-order valence-electron chi connectivity index (χ4n) is 1.59. The van der Waals surface area contributed by atoms with Crippen LogP contribution in [0.1, 0.15) is 30.4 Å². The minimum atomic E-state index is -0.759. The van der Waals surface area contributed by atoms with Gasteiger partial charge in [-0.05, 0) is 31.0 Å². The number of carbonyl (C=O) groups excluding carboxylic acids is 2. The molecule has 5 heteroatoms. The summed E-state index contributed by atoms with van der Waals surface area (Å²) in [5.74, 6) is -0.488. The lowest BCUT2D eigenvalue weighted by atomic mass is 10.00. The first-order valence-corrected chi connectivity index (χ1v) is 6.77. The summed E-state index contributed by atoms with van der Waals surface area (Å²) in [6, 6.07) is 5.36. The number of rotatable bonds is 5. The van der Waals surface area contributed by atoms with E-state index in [1.165, 1.54) is 6.92 Å². The van der Waals surface area contributed by atoms with E-state index in [9.17, 15) is 9.59 Å². The summed E-state index contributed by atoms with van der Waals surface area (Å²) < 4.78 is 5.62. The highest BCUT2D eigenvalue weighted by Crippen LogP contribution is 2.32. The number of carbonyl (C=O) groups is 2. The standard InChI is InChI=1S/C13H14BrClO3/c1-3-18-11(17)7-9-5-4-6-10(14)12(9)13(15)8(2)16/h4-6,13H,3,7H2,1-2H3. The van der Waals surface area contributed by atoms with Gasteiger partial charge in [0.25, 0.3) is 0 Å². The van der Waals surface area contributed by atoms with Gasteiger partial charge in [0.2, 0.25) is 0 Å². The summed E-state index contributed by atoms with van der Waals surface area (Å²) in [5, 5.41) is -0.759. The van der Waals surface area contributed by atoms with Crippen molar-refractivity contribution in [3.8, 4) is 0 Å². The van der Waals surface area contributed by atoms with E-state index in [2.05, 4.69) is 15.9 Å². The number of hydrogen-bond donors (Lipinski definition) is 0. The molecule has 0 radical (unpaired) electrons. The van der Waals surface area contributed by atoms with Crippen molar-refractivity contribution < 1.29 is 14.3 Å². The highest BCUT2D eigenvalue weighted by molar-refractivity contribution is 9.10. The topological polar surface area (TPSA) is 43.4 Å². The van der Waals surface area contributed by atoms with Gasteiger partial charge in [-0.3, -0.25) is 9.59 Å². The smallest absolute Gasteiger partial charge is 0.310 e. The van der Waals surface area contributed by atoms with E-state index in [1.54, 1.807) is 25.1 Å². The van der Waals surface area contributed by atoms with Crippen LogP contribution < -0.4 is 0 Å². The minimum Gasteiger partial charge on any atom is -0.466 e. The molecule has 0 aliphatic heterocycles. The van der Waals surface area contributed by atoms with Crippen LogP contribution in [-0.2, 0) is 20.7 Å². The van der Waals surface area contributed by atoms with Crippen molar-refractivity contribution >= 4 is 39.3 Å². The van der Waals surface area contributed by atoms with Gasteiger partial charge in [-0.1, -0.05) is 28.1 Å². The molecule has 0 aromatic heterocycles. The van der Waals surface area contributed by atoms with E-state index in [4.69, 9.17) is 16.3 Å². The van der Waals surface area contributed by atoms with E-state index in [-0.39, 0.29) is 18.2 Å². The quantitative estimate of drug-likeness (QED) is 0.612. The van der Waals surface area contributed by atoms with Crippen LogP contribution in [0, 0.1) is 0 Å². The van der Waals surface area contributed by atoms with E-state index in [1.807, 2.05) is 0 Å². The number of alkyl halides is 1. The summed E-state index contributed by atoms with van der Waals surface area (Å²) in [5.41, 5.74) is 1.35. The van der Waals surface area contributed by atoms with Crippen LogP contribution in [0.15, 0.2) is 22.7 Å². The second-order valence-corrected chi connectivity index (χ2v) is 5.06. The van der Waals surface area contributed by atoms with Crippen molar-refractivity contribution in [3.05, 3.63) is 33.8 Å². The fraction of sp³-hybridized carbons (Fsp3) is 0.385. The first-order valence-electron chi connectivity index (χ1n) is 5.54. The molecule has 0 fully saturated rings. The van der Waals surface area contributed by atoms with Crippen LogP contribution in [0.5, 0.6) is 0 Å². The Bertz CT molecular complexity index is 460. The van der Waals surface area contributed by atoms with Gasteiger partial charge in [0, 0.05) is 4.47 Å². The zero-order valence-corrected chi connectivity index (χ0v) is 12.5. The molecule has 0 bridgehead atoms. The Kier molecular flexibility index (Phi) is 5.82. The Balaban J connectivity index is 3.08. The highest BCUT2D eigenvalue weighted by Gasteiger charge is 2.21. The molecule has 3 nitrogen and oxygen atoms in total. The molecule has 0 N–H and O–H groups in total. The van der Waals surface area contributed by atoms with Gasteiger partial charge >= 0.3 is 5.97 Å². The van der Waals surface area contributed by atoms with Crippen molar-refractivity contribution in [1.29, 1.82) is 0 Å². The molecule has 1 rings (SSSR count). The molecule has 1 aromatic rings. The third-order valence-electron chi connectivity index (χ3n) is 2.39. The summed E-state index contributed by atoms with van der Waals surface area (Å²) in [4.78, 5) is 22.9. The van der Waals surface area contributed by atoms with E-state index in [0.717, 1.165) is 4.47 Å². The van der Waals surface area contributed by atoms with Gasteiger partial charge in [-0.25, -0.2) is 0 Å². The second-order valence-electron chi connectivity index (χ2n) is 3.77. The van der Waals surface area contributed by atoms with Gasteiger partial charge < -0.3 is 4.74 Å². The molecule has 0 aliphatic carbocycles. The average molecular weight is 334 g/mol. The van der Waals surface area contributed by atoms with Gasteiger partial charge in [0.15, 0.2) is 5.78 Å². The number of benzene rings is 1. The maximum atomic E-state index is 11.5. The van der Waals surface area contributed by atoms with Crippen molar-refractivity contribution in [2.45, 2.75) is 25.6 Å². The van der Waals surface area contributed by atoms with E-state index < -0.39 is 5.38 Å². The van der Waals surface area contributed by atoms with Crippen LogP contribution >= 0.6 is 27.5 Å². The van der Waals surface area contributed by atoms with Gasteiger partial charge in [-0.15, -0.1) is 11.6 Å². The molecule has 1 aromatic carbocycles. The Hall–Kier alpha value is -0.870. The Labute approximate surface area is 120 Å². The summed E-state index contributed by atoms with van der Waals surface area (Å²) in [6.45, 7) is 3.50. The summed E-state index contributed by atoms with van der Waals surface area (Å²) in [6.07, 6.45) is 0.110. The number of hydrogen-bond acceptors (Lipinski definition) is 3. The molecule has 98 valence electrons.